The van der Waals surface area contributed by atoms with Gasteiger partial charge < -0.3 is 15.1 Å². The van der Waals surface area contributed by atoms with Gasteiger partial charge in [0, 0.05) is 25.6 Å². The van der Waals surface area contributed by atoms with E-state index in [2.05, 4.69) is 21.7 Å². The number of carbonyl (C=O) groups is 2. The zero-order valence-electron chi connectivity index (χ0n) is 13.7. The lowest BCUT2D eigenvalue weighted by Crippen LogP contribution is -2.39. The number of amides is 2. The minimum absolute atomic E-state index is 0.0152. The summed E-state index contributed by atoms with van der Waals surface area (Å²) in [6.45, 7) is 5.07. The van der Waals surface area contributed by atoms with Crippen molar-refractivity contribution in [2.75, 3.05) is 27.2 Å². The highest BCUT2D eigenvalue weighted by Crippen LogP contribution is 2.22. The van der Waals surface area contributed by atoms with Crippen LogP contribution in [0.15, 0.2) is 16.8 Å². The second-order valence-corrected chi connectivity index (χ2v) is 7.10. The van der Waals surface area contributed by atoms with E-state index in [-0.39, 0.29) is 29.8 Å². The van der Waals surface area contributed by atoms with E-state index in [9.17, 15) is 9.59 Å². The molecule has 1 aromatic heterocycles. The molecule has 1 aliphatic heterocycles. The van der Waals surface area contributed by atoms with Crippen LogP contribution in [-0.2, 0) is 9.59 Å². The van der Waals surface area contributed by atoms with Crippen molar-refractivity contribution in [1.29, 1.82) is 0 Å². The first-order valence-electron chi connectivity index (χ1n) is 7.65. The highest BCUT2D eigenvalue weighted by molar-refractivity contribution is 7.07. The molecule has 1 aliphatic rings. The molecule has 2 amide bonds. The Labute approximate surface area is 136 Å². The number of nitrogens with one attached hydrogen (secondary N) is 1. The quantitative estimate of drug-likeness (QED) is 0.867. The molecule has 1 saturated heterocycles. The Bertz CT molecular complexity index is 513. The molecule has 0 aliphatic carbocycles. The second-order valence-electron chi connectivity index (χ2n) is 6.32. The summed E-state index contributed by atoms with van der Waals surface area (Å²) >= 11 is 1.66. The summed E-state index contributed by atoms with van der Waals surface area (Å²) in [5, 5.41) is 7.17. The molecule has 1 N–H and O–H groups in total. The van der Waals surface area contributed by atoms with Crippen molar-refractivity contribution in [3.05, 3.63) is 22.4 Å². The third-order valence-corrected chi connectivity index (χ3v) is 4.87. The van der Waals surface area contributed by atoms with E-state index in [1.165, 1.54) is 5.56 Å². The number of likely N-dealkylation sites (N-methyl/N-ethyl adjacent to an activating group) is 1. The van der Waals surface area contributed by atoms with Gasteiger partial charge >= 0.3 is 0 Å². The topological polar surface area (TPSA) is 52.7 Å². The number of hydrogen-bond acceptors (Lipinski definition) is 4. The van der Waals surface area contributed by atoms with Gasteiger partial charge in [-0.3, -0.25) is 9.59 Å². The predicted octanol–water partition coefficient (Wildman–Crippen LogP) is 1.72. The molecule has 6 heteroatoms. The molecule has 2 rings (SSSR count). The lowest BCUT2D eigenvalue weighted by molar-refractivity contribution is -0.130. The summed E-state index contributed by atoms with van der Waals surface area (Å²) in [6, 6.07) is 2.40. The van der Waals surface area contributed by atoms with Gasteiger partial charge in [0.25, 0.3) is 0 Å². The van der Waals surface area contributed by atoms with E-state index >= 15 is 0 Å². The molecule has 122 valence electrons. The lowest BCUT2D eigenvalue weighted by atomic mass is 10.1. The van der Waals surface area contributed by atoms with Gasteiger partial charge in [0.1, 0.15) is 0 Å². The standard InChI is InChI=1S/C16H25N3O2S/c1-11(2)19-9-13(7-15(19)20)16(21)17-8-14(18(3)4)12-5-6-22-10-12/h5-6,10-11,13-14H,7-9H2,1-4H3,(H,17,21). The Morgan fingerprint density at radius 2 is 2.23 bits per heavy atom. The molecule has 22 heavy (non-hydrogen) atoms. The summed E-state index contributed by atoms with van der Waals surface area (Å²) in [6.07, 6.45) is 0.328. The van der Waals surface area contributed by atoms with Gasteiger partial charge in [-0.25, -0.2) is 0 Å². The Hall–Kier alpha value is -1.40. The molecule has 0 aromatic carbocycles. The summed E-state index contributed by atoms with van der Waals surface area (Å²) in [4.78, 5) is 28.1. The van der Waals surface area contributed by atoms with E-state index < -0.39 is 0 Å². The summed E-state index contributed by atoms with van der Waals surface area (Å²) in [5.41, 5.74) is 1.21. The largest absolute Gasteiger partial charge is 0.354 e. The fourth-order valence-corrected chi connectivity index (χ4v) is 3.52. The average molecular weight is 323 g/mol. The Balaban J connectivity index is 1.91. The van der Waals surface area contributed by atoms with Crippen LogP contribution in [0.5, 0.6) is 0 Å². The first-order valence-corrected chi connectivity index (χ1v) is 8.60. The zero-order chi connectivity index (χ0) is 16.3. The first kappa shape index (κ1) is 17.0. The molecule has 1 fully saturated rings. The van der Waals surface area contributed by atoms with Crippen molar-refractivity contribution in [2.45, 2.75) is 32.4 Å². The van der Waals surface area contributed by atoms with Crippen LogP contribution in [0.4, 0.5) is 0 Å². The Morgan fingerprint density at radius 1 is 1.50 bits per heavy atom. The van der Waals surface area contributed by atoms with Crippen molar-refractivity contribution < 1.29 is 9.59 Å². The van der Waals surface area contributed by atoms with E-state index in [1.54, 1.807) is 16.2 Å². The van der Waals surface area contributed by atoms with Crippen LogP contribution in [0.1, 0.15) is 31.9 Å². The van der Waals surface area contributed by atoms with Gasteiger partial charge in [0.05, 0.1) is 12.0 Å². The Morgan fingerprint density at radius 3 is 2.73 bits per heavy atom. The number of rotatable bonds is 6. The molecule has 0 saturated carbocycles. The highest BCUT2D eigenvalue weighted by atomic mass is 32.1. The van der Waals surface area contributed by atoms with Gasteiger partial charge in [-0.05, 0) is 50.3 Å². The van der Waals surface area contributed by atoms with E-state index in [0.29, 0.717) is 19.5 Å². The average Bonchev–Trinajstić information content (AvgIpc) is 3.07. The predicted molar refractivity (Wildman–Crippen MR) is 88.7 cm³/mol. The number of likely N-dealkylation sites (tertiary alicyclic amines) is 1. The number of carbonyl (C=O) groups excluding carboxylic acids is 2. The molecule has 2 unspecified atom stereocenters. The minimum atomic E-state index is -0.222. The van der Waals surface area contributed by atoms with Crippen molar-refractivity contribution in [3.63, 3.8) is 0 Å². The summed E-state index contributed by atoms with van der Waals surface area (Å²) in [7, 11) is 4.02. The molecular formula is C16H25N3O2S. The van der Waals surface area contributed by atoms with E-state index in [0.717, 1.165) is 0 Å². The van der Waals surface area contributed by atoms with Gasteiger partial charge in [-0.15, -0.1) is 0 Å². The lowest BCUT2D eigenvalue weighted by Gasteiger charge is -2.25. The SMILES string of the molecule is CC(C)N1CC(C(=O)NCC(c2ccsc2)N(C)C)CC1=O. The normalized spacial score (nSPS) is 20.0. The van der Waals surface area contributed by atoms with Crippen LogP contribution in [-0.4, -0.2) is 54.8 Å². The van der Waals surface area contributed by atoms with Crippen molar-refractivity contribution in [2.24, 2.45) is 5.92 Å². The molecule has 2 atom stereocenters. The molecule has 0 bridgehead atoms. The van der Waals surface area contributed by atoms with Gasteiger partial charge in [0.15, 0.2) is 0 Å². The first-order chi connectivity index (χ1) is 10.4. The molecule has 5 nitrogen and oxygen atoms in total. The van der Waals surface area contributed by atoms with Crippen molar-refractivity contribution >= 4 is 23.2 Å². The Kier molecular flexibility index (Phi) is 5.58. The van der Waals surface area contributed by atoms with Crippen LogP contribution in [0.2, 0.25) is 0 Å². The second kappa shape index (κ2) is 7.24. The van der Waals surface area contributed by atoms with Crippen LogP contribution < -0.4 is 5.32 Å². The smallest absolute Gasteiger partial charge is 0.225 e. The van der Waals surface area contributed by atoms with Crippen LogP contribution in [0.25, 0.3) is 0 Å². The fraction of sp³-hybridized carbons (Fsp3) is 0.625. The highest BCUT2D eigenvalue weighted by Gasteiger charge is 2.35. The molecule has 0 radical (unpaired) electrons. The van der Waals surface area contributed by atoms with Crippen molar-refractivity contribution in [1.82, 2.24) is 15.1 Å². The fourth-order valence-electron chi connectivity index (χ4n) is 2.81. The van der Waals surface area contributed by atoms with Crippen LogP contribution in [0, 0.1) is 5.92 Å². The van der Waals surface area contributed by atoms with Gasteiger partial charge in [0.2, 0.25) is 11.8 Å². The van der Waals surface area contributed by atoms with E-state index in [4.69, 9.17) is 0 Å². The maximum atomic E-state index is 12.3. The monoisotopic (exact) mass is 323 g/mol. The third kappa shape index (κ3) is 3.87. The van der Waals surface area contributed by atoms with E-state index in [1.807, 2.05) is 33.3 Å². The maximum Gasteiger partial charge on any atom is 0.225 e. The zero-order valence-corrected chi connectivity index (χ0v) is 14.5. The molecular weight excluding hydrogens is 298 g/mol. The number of nitrogens with zero attached hydrogens (tertiary/aromatic N) is 2. The maximum absolute atomic E-state index is 12.3. The van der Waals surface area contributed by atoms with Gasteiger partial charge in [-0.2, -0.15) is 11.3 Å². The minimum Gasteiger partial charge on any atom is -0.354 e. The van der Waals surface area contributed by atoms with Crippen molar-refractivity contribution in [3.8, 4) is 0 Å². The molecule has 1 aromatic rings. The summed E-state index contributed by atoms with van der Waals surface area (Å²) < 4.78 is 0. The summed E-state index contributed by atoms with van der Waals surface area (Å²) in [5.74, 6) is -0.157. The molecule has 0 spiro atoms. The van der Waals surface area contributed by atoms with Crippen LogP contribution >= 0.6 is 11.3 Å². The number of thiophene rings is 1. The third-order valence-electron chi connectivity index (χ3n) is 4.17. The molecule has 2 heterocycles. The van der Waals surface area contributed by atoms with Crippen LogP contribution in [0.3, 0.4) is 0 Å². The van der Waals surface area contributed by atoms with Gasteiger partial charge in [-0.1, -0.05) is 0 Å². The number of hydrogen-bond donors (Lipinski definition) is 1.